The number of methoxy groups -OCH3 is 1. The van der Waals surface area contributed by atoms with Crippen LogP contribution < -0.4 is 15.4 Å². The van der Waals surface area contributed by atoms with Crippen LogP contribution in [0.15, 0.2) is 24.3 Å². The Labute approximate surface area is 132 Å². The minimum Gasteiger partial charge on any atom is -0.491 e. The van der Waals surface area contributed by atoms with Crippen LogP contribution in [0.5, 0.6) is 5.75 Å². The maximum atomic E-state index is 12.2. The lowest BCUT2D eigenvalue weighted by atomic mass is 9.96. The molecule has 1 aliphatic rings. The first kappa shape index (κ1) is 16.8. The topological polar surface area (TPSA) is 59.6 Å². The first-order valence-electron chi connectivity index (χ1n) is 8.00. The van der Waals surface area contributed by atoms with E-state index in [0.29, 0.717) is 30.4 Å². The van der Waals surface area contributed by atoms with Gasteiger partial charge in [0, 0.05) is 19.2 Å². The van der Waals surface area contributed by atoms with Crippen LogP contribution in [-0.4, -0.2) is 45.9 Å². The number of ether oxygens (including phenoxy) is 2. The number of carbonyl (C=O) groups excluding carboxylic acids is 1. The van der Waals surface area contributed by atoms with E-state index in [2.05, 4.69) is 10.6 Å². The molecule has 0 aromatic heterocycles. The van der Waals surface area contributed by atoms with Gasteiger partial charge in [-0.15, -0.1) is 0 Å². The highest BCUT2D eigenvalue weighted by molar-refractivity contribution is 5.94. The molecule has 2 rings (SSSR count). The summed E-state index contributed by atoms with van der Waals surface area (Å²) in [5.74, 6) is 1.33. The number of piperidine rings is 1. The first-order chi connectivity index (χ1) is 10.8. The van der Waals surface area contributed by atoms with Crippen LogP contribution in [0.25, 0.3) is 0 Å². The zero-order valence-electron chi connectivity index (χ0n) is 13.3. The Morgan fingerprint density at radius 2 is 2.32 bits per heavy atom. The van der Waals surface area contributed by atoms with Gasteiger partial charge < -0.3 is 20.1 Å². The van der Waals surface area contributed by atoms with Crippen LogP contribution in [-0.2, 0) is 4.74 Å². The van der Waals surface area contributed by atoms with Crippen molar-refractivity contribution in [3.63, 3.8) is 0 Å². The lowest BCUT2D eigenvalue weighted by molar-refractivity contribution is 0.0950. The van der Waals surface area contributed by atoms with Gasteiger partial charge in [0.15, 0.2) is 0 Å². The molecule has 1 aromatic rings. The molecule has 1 aromatic carbocycles. The summed E-state index contributed by atoms with van der Waals surface area (Å²) in [7, 11) is 1.63. The van der Waals surface area contributed by atoms with Crippen molar-refractivity contribution in [3.8, 4) is 5.75 Å². The second-order valence-corrected chi connectivity index (χ2v) is 5.63. The van der Waals surface area contributed by atoms with Crippen LogP contribution in [0, 0.1) is 5.92 Å². The minimum atomic E-state index is -0.0408. The fourth-order valence-electron chi connectivity index (χ4n) is 2.63. The monoisotopic (exact) mass is 306 g/mol. The maximum absolute atomic E-state index is 12.2. The predicted octanol–water partition coefficient (Wildman–Crippen LogP) is 1.83. The Morgan fingerprint density at radius 1 is 1.41 bits per heavy atom. The number of amides is 1. The lowest BCUT2D eigenvalue weighted by Crippen LogP contribution is -2.33. The van der Waals surface area contributed by atoms with Crippen molar-refractivity contribution in [2.24, 2.45) is 5.92 Å². The Bertz CT molecular complexity index is 459. The van der Waals surface area contributed by atoms with Crippen molar-refractivity contribution in [3.05, 3.63) is 29.8 Å². The number of benzene rings is 1. The van der Waals surface area contributed by atoms with Crippen LogP contribution in [0.4, 0.5) is 0 Å². The first-order valence-corrected chi connectivity index (χ1v) is 8.00. The molecule has 1 unspecified atom stereocenters. The molecule has 1 fully saturated rings. The van der Waals surface area contributed by atoms with Gasteiger partial charge >= 0.3 is 0 Å². The zero-order valence-corrected chi connectivity index (χ0v) is 13.3. The lowest BCUT2D eigenvalue weighted by Gasteiger charge is -2.22. The number of carbonyl (C=O) groups is 1. The molecule has 122 valence electrons. The Morgan fingerprint density at radius 3 is 3.09 bits per heavy atom. The minimum absolute atomic E-state index is 0.0408. The average molecular weight is 306 g/mol. The number of nitrogens with one attached hydrogen (secondary N) is 2. The molecule has 1 heterocycles. The molecule has 0 bridgehead atoms. The Balaban J connectivity index is 1.75. The van der Waals surface area contributed by atoms with Crippen molar-refractivity contribution in [2.45, 2.75) is 19.3 Å². The van der Waals surface area contributed by atoms with Gasteiger partial charge in [0.1, 0.15) is 12.4 Å². The molecule has 0 aliphatic carbocycles. The molecule has 22 heavy (non-hydrogen) atoms. The van der Waals surface area contributed by atoms with E-state index in [4.69, 9.17) is 9.47 Å². The summed E-state index contributed by atoms with van der Waals surface area (Å²) in [6.07, 6.45) is 3.52. The molecular formula is C17H26N2O3. The third kappa shape index (κ3) is 5.66. The molecule has 1 saturated heterocycles. The van der Waals surface area contributed by atoms with Crippen LogP contribution in [0.3, 0.4) is 0 Å². The molecule has 0 saturated carbocycles. The Kier molecular flexibility index (Phi) is 7.19. The van der Waals surface area contributed by atoms with Crippen LogP contribution in [0.1, 0.15) is 29.6 Å². The van der Waals surface area contributed by atoms with E-state index in [1.807, 2.05) is 12.1 Å². The van der Waals surface area contributed by atoms with Gasteiger partial charge in [-0.3, -0.25) is 4.79 Å². The predicted molar refractivity (Wildman–Crippen MR) is 86.4 cm³/mol. The quantitative estimate of drug-likeness (QED) is 0.720. The SMILES string of the molecule is COCCOc1cccc(C(=O)NCCC2CCCNC2)c1. The molecule has 2 N–H and O–H groups in total. The molecule has 1 aliphatic heterocycles. The molecule has 1 amide bonds. The van der Waals surface area contributed by atoms with E-state index in [9.17, 15) is 4.79 Å². The average Bonchev–Trinajstić information content (AvgIpc) is 2.56. The van der Waals surface area contributed by atoms with Gasteiger partial charge in [-0.05, 0) is 56.5 Å². The van der Waals surface area contributed by atoms with Crippen molar-refractivity contribution >= 4 is 5.91 Å². The van der Waals surface area contributed by atoms with E-state index < -0.39 is 0 Å². The highest BCUT2D eigenvalue weighted by atomic mass is 16.5. The normalized spacial score (nSPS) is 18.0. The smallest absolute Gasteiger partial charge is 0.251 e. The van der Waals surface area contributed by atoms with Crippen molar-refractivity contribution < 1.29 is 14.3 Å². The van der Waals surface area contributed by atoms with Gasteiger partial charge in [-0.25, -0.2) is 0 Å². The highest BCUT2D eigenvalue weighted by Gasteiger charge is 2.13. The Hall–Kier alpha value is -1.59. The second kappa shape index (κ2) is 9.43. The van der Waals surface area contributed by atoms with Gasteiger partial charge in [0.25, 0.3) is 5.91 Å². The van der Waals surface area contributed by atoms with E-state index in [-0.39, 0.29) is 5.91 Å². The summed E-state index contributed by atoms with van der Waals surface area (Å²) < 4.78 is 10.5. The number of hydrogen-bond acceptors (Lipinski definition) is 4. The summed E-state index contributed by atoms with van der Waals surface area (Å²) in [4.78, 5) is 12.2. The summed E-state index contributed by atoms with van der Waals surface area (Å²) in [6, 6.07) is 7.26. The van der Waals surface area contributed by atoms with Crippen molar-refractivity contribution in [1.82, 2.24) is 10.6 Å². The van der Waals surface area contributed by atoms with Crippen molar-refractivity contribution in [2.75, 3.05) is 40.0 Å². The standard InChI is InChI=1S/C17H26N2O3/c1-21-10-11-22-16-6-2-5-15(12-16)17(20)19-9-7-14-4-3-8-18-13-14/h2,5-6,12,14,18H,3-4,7-11,13H2,1H3,(H,19,20). The third-order valence-corrected chi connectivity index (χ3v) is 3.89. The molecule has 1 atom stereocenters. The fourth-order valence-corrected chi connectivity index (χ4v) is 2.63. The summed E-state index contributed by atoms with van der Waals surface area (Å²) in [6.45, 7) is 3.93. The fraction of sp³-hybridized carbons (Fsp3) is 0.588. The summed E-state index contributed by atoms with van der Waals surface area (Å²) in [5, 5.41) is 6.39. The summed E-state index contributed by atoms with van der Waals surface area (Å²) in [5.41, 5.74) is 0.636. The van der Waals surface area contributed by atoms with Gasteiger partial charge in [-0.2, -0.15) is 0 Å². The molecule has 5 nitrogen and oxygen atoms in total. The maximum Gasteiger partial charge on any atom is 0.251 e. The molecule has 0 radical (unpaired) electrons. The molecular weight excluding hydrogens is 280 g/mol. The van der Waals surface area contributed by atoms with E-state index in [0.717, 1.165) is 26.1 Å². The van der Waals surface area contributed by atoms with Crippen LogP contribution in [0.2, 0.25) is 0 Å². The highest BCUT2D eigenvalue weighted by Crippen LogP contribution is 2.15. The van der Waals surface area contributed by atoms with E-state index in [1.54, 1.807) is 19.2 Å². The molecule has 0 spiro atoms. The number of rotatable bonds is 8. The summed E-state index contributed by atoms with van der Waals surface area (Å²) >= 11 is 0. The van der Waals surface area contributed by atoms with Gasteiger partial charge in [0.2, 0.25) is 0 Å². The number of hydrogen-bond donors (Lipinski definition) is 2. The molecule has 5 heteroatoms. The van der Waals surface area contributed by atoms with Gasteiger partial charge in [0.05, 0.1) is 6.61 Å². The van der Waals surface area contributed by atoms with Crippen molar-refractivity contribution in [1.29, 1.82) is 0 Å². The second-order valence-electron chi connectivity index (χ2n) is 5.63. The third-order valence-electron chi connectivity index (χ3n) is 3.89. The van der Waals surface area contributed by atoms with E-state index in [1.165, 1.54) is 12.8 Å². The van der Waals surface area contributed by atoms with E-state index >= 15 is 0 Å². The largest absolute Gasteiger partial charge is 0.491 e. The van der Waals surface area contributed by atoms with Gasteiger partial charge in [-0.1, -0.05) is 6.07 Å². The van der Waals surface area contributed by atoms with Crippen LogP contribution >= 0.6 is 0 Å². The zero-order chi connectivity index (χ0) is 15.6.